The number of nitrogens with one attached hydrogen (secondary N) is 1. The molecule has 0 bridgehead atoms. The fourth-order valence-corrected chi connectivity index (χ4v) is 3.59. The van der Waals surface area contributed by atoms with Gasteiger partial charge < -0.3 is 14.8 Å². The molecule has 0 aliphatic carbocycles. The quantitative estimate of drug-likeness (QED) is 0.426. The molecule has 0 saturated carbocycles. The van der Waals surface area contributed by atoms with Crippen molar-refractivity contribution in [3.05, 3.63) is 88.6 Å². The van der Waals surface area contributed by atoms with Crippen molar-refractivity contribution in [2.75, 3.05) is 0 Å². The number of carbonyl (C=O) groups excluding carboxylic acids is 1. The molecule has 136 valence electrons. The number of hydrogen-bond donors (Lipinski definition) is 2. The van der Waals surface area contributed by atoms with Gasteiger partial charge in [-0.1, -0.05) is 41.9 Å². The Bertz CT molecular complexity index is 1270. The summed E-state index contributed by atoms with van der Waals surface area (Å²) in [5.74, 6) is 0.439. The number of allylic oxidation sites excluding steroid dienone is 1. The second kappa shape index (κ2) is 6.29. The first-order chi connectivity index (χ1) is 13.6. The van der Waals surface area contributed by atoms with Gasteiger partial charge in [0.2, 0.25) is 5.78 Å². The Morgan fingerprint density at radius 1 is 1.00 bits per heavy atom. The molecule has 0 spiro atoms. The molecule has 0 saturated heterocycles. The minimum atomic E-state index is -0.206. The normalized spacial score (nSPS) is 14.5. The van der Waals surface area contributed by atoms with Crippen molar-refractivity contribution in [2.24, 2.45) is 0 Å². The van der Waals surface area contributed by atoms with Gasteiger partial charge in [-0.25, -0.2) is 0 Å². The van der Waals surface area contributed by atoms with E-state index in [-0.39, 0.29) is 17.3 Å². The van der Waals surface area contributed by atoms with Crippen molar-refractivity contribution in [3.63, 3.8) is 0 Å². The predicted octanol–water partition coefficient (Wildman–Crippen LogP) is 5.81. The zero-order valence-corrected chi connectivity index (χ0v) is 15.3. The van der Waals surface area contributed by atoms with Crippen LogP contribution in [0.5, 0.6) is 11.5 Å². The Kier molecular flexibility index (Phi) is 3.74. The summed E-state index contributed by atoms with van der Waals surface area (Å²) in [6.07, 6.45) is 1.75. The van der Waals surface area contributed by atoms with E-state index in [4.69, 9.17) is 16.3 Å². The van der Waals surface area contributed by atoms with Crippen molar-refractivity contribution in [3.8, 4) is 22.8 Å². The van der Waals surface area contributed by atoms with Gasteiger partial charge in [0.05, 0.1) is 11.3 Å². The van der Waals surface area contributed by atoms with Gasteiger partial charge in [-0.15, -0.1) is 0 Å². The number of carbonyl (C=O) groups is 1. The first-order valence-electron chi connectivity index (χ1n) is 8.74. The summed E-state index contributed by atoms with van der Waals surface area (Å²) in [6.45, 7) is 0. The van der Waals surface area contributed by atoms with Gasteiger partial charge in [0.15, 0.2) is 5.76 Å². The molecule has 1 aromatic heterocycles. The zero-order chi connectivity index (χ0) is 19.3. The minimum absolute atomic E-state index is 0.0572. The van der Waals surface area contributed by atoms with E-state index in [2.05, 4.69) is 4.98 Å². The van der Waals surface area contributed by atoms with E-state index in [0.717, 1.165) is 27.7 Å². The number of aromatic nitrogens is 1. The number of hydrogen-bond acceptors (Lipinski definition) is 3. The van der Waals surface area contributed by atoms with Crippen LogP contribution in [0.4, 0.5) is 0 Å². The summed E-state index contributed by atoms with van der Waals surface area (Å²) in [6, 6.07) is 19.9. The average molecular weight is 388 g/mol. The SMILES string of the molecule is O=C1/C(=C/c2c(-c3ccc(Cl)cc3)[nH]c3ccccc23)Oc2cc(O)ccc21. The molecule has 2 heterocycles. The topological polar surface area (TPSA) is 62.3 Å². The van der Waals surface area contributed by atoms with Gasteiger partial charge in [-0.2, -0.15) is 0 Å². The third-order valence-electron chi connectivity index (χ3n) is 4.81. The molecular formula is C23H14ClNO3. The number of phenols is 1. The third kappa shape index (κ3) is 2.66. The molecule has 0 amide bonds. The molecule has 5 rings (SSSR count). The number of benzene rings is 3. The van der Waals surface area contributed by atoms with Crippen LogP contribution < -0.4 is 4.74 Å². The van der Waals surface area contributed by atoms with Crippen molar-refractivity contribution in [1.29, 1.82) is 0 Å². The largest absolute Gasteiger partial charge is 0.508 e. The Hall–Kier alpha value is -3.50. The second-order valence-electron chi connectivity index (χ2n) is 6.59. The van der Waals surface area contributed by atoms with Crippen molar-refractivity contribution in [1.82, 2.24) is 4.98 Å². The molecule has 2 N–H and O–H groups in total. The highest BCUT2D eigenvalue weighted by atomic mass is 35.5. The van der Waals surface area contributed by atoms with Crippen LogP contribution in [0.2, 0.25) is 5.02 Å². The molecule has 0 unspecified atom stereocenters. The van der Waals surface area contributed by atoms with E-state index >= 15 is 0 Å². The Balaban J connectivity index is 1.69. The van der Waals surface area contributed by atoms with Crippen molar-refractivity contribution >= 4 is 34.4 Å². The van der Waals surface area contributed by atoms with Crippen LogP contribution in [-0.4, -0.2) is 15.9 Å². The monoisotopic (exact) mass is 387 g/mol. The number of aromatic amines is 1. The number of fused-ring (bicyclic) bond motifs is 2. The first-order valence-corrected chi connectivity index (χ1v) is 9.12. The molecule has 5 heteroatoms. The van der Waals surface area contributed by atoms with Crippen molar-refractivity contribution in [2.45, 2.75) is 0 Å². The molecule has 1 aliphatic rings. The number of para-hydroxylation sites is 1. The Morgan fingerprint density at radius 2 is 1.79 bits per heavy atom. The average Bonchev–Trinajstić information content (AvgIpc) is 3.21. The number of Topliss-reactive ketones (excluding diaryl/α,β-unsaturated/α-hetero) is 1. The number of aromatic hydroxyl groups is 1. The molecule has 3 aromatic carbocycles. The van der Waals surface area contributed by atoms with Crippen LogP contribution in [0, 0.1) is 0 Å². The number of H-pyrrole nitrogens is 1. The number of ketones is 1. The minimum Gasteiger partial charge on any atom is -0.508 e. The number of phenolic OH excluding ortho intramolecular Hbond substituents is 1. The number of rotatable bonds is 2. The van der Waals surface area contributed by atoms with E-state index in [1.807, 2.05) is 48.5 Å². The van der Waals surface area contributed by atoms with Gasteiger partial charge in [-0.05, 0) is 42.0 Å². The van der Waals surface area contributed by atoms with Gasteiger partial charge in [0, 0.05) is 27.6 Å². The van der Waals surface area contributed by atoms with E-state index in [1.165, 1.54) is 12.1 Å². The predicted molar refractivity (Wildman–Crippen MR) is 110 cm³/mol. The maximum absolute atomic E-state index is 12.8. The Morgan fingerprint density at radius 3 is 2.61 bits per heavy atom. The number of ether oxygens (including phenoxy) is 1. The van der Waals surface area contributed by atoms with Crippen LogP contribution in [0.15, 0.2) is 72.5 Å². The van der Waals surface area contributed by atoms with Crippen LogP contribution in [-0.2, 0) is 0 Å². The van der Waals surface area contributed by atoms with E-state index < -0.39 is 0 Å². The molecule has 4 aromatic rings. The second-order valence-corrected chi connectivity index (χ2v) is 7.02. The first kappa shape index (κ1) is 16.7. The smallest absolute Gasteiger partial charge is 0.231 e. The summed E-state index contributed by atoms with van der Waals surface area (Å²) in [5.41, 5.74) is 4.09. The van der Waals surface area contributed by atoms with Gasteiger partial charge in [-0.3, -0.25) is 4.79 Å². The molecule has 0 fully saturated rings. The van der Waals surface area contributed by atoms with Crippen molar-refractivity contribution < 1.29 is 14.6 Å². The summed E-state index contributed by atoms with van der Waals surface area (Å²) >= 11 is 6.03. The summed E-state index contributed by atoms with van der Waals surface area (Å²) in [5, 5.41) is 11.3. The number of halogens is 1. The van der Waals surface area contributed by atoms with Gasteiger partial charge >= 0.3 is 0 Å². The van der Waals surface area contributed by atoms with Crippen LogP contribution >= 0.6 is 11.6 Å². The molecule has 0 atom stereocenters. The standard InChI is InChI=1S/C23H14ClNO3/c24-14-7-5-13(6-8-14)22-18(16-3-1-2-4-19(16)25-22)12-21-23(27)17-10-9-15(26)11-20(17)28-21/h1-12,25-26H/b21-12-. The lowest BCUT2D eigenvalue weighted by molar-refractivity contribution is 0.101. The van der Waals surface area contributed by atoms with E-state index in [0.29, 0.717) is 16.3 Å². The highest BCUT2D eigenvalue weighted by Gasteiger charge is 2.28. The highest BCUT2D eigenvalue weighted by molar-refractivity contribution is 6.30. The third-order valence-corrected chi connectivity index (χ3v) is 5.06. The van der Waals surface area contributed by atoms with E-state index in [1.54, 1.807) is 12.1 Å². The maximum Gasteiger partial charge on any atom is 0.231 e. The van der Waals surface area contributed by atoms with E-state index in [9.17, 15) is 9.90 Å². The lowest BCUT2D eigenvalue weighted by Gasteiger charge is -2.03. The fraction of sp³-hybridized carbons (Fsp3) is 0. The molecule has 28 heavy (non-hydrogen) atoms. The van der Waals surface area contributed by atoms with Gasteiger partial charge in [0.25, 0.3) is 0 Å². The lowest BCUT2D eigenvalue weighted by atomic mass is 10.0. The van der Waals surface area contributed by atoms with Crippen LogP contribution in [0.25, 0.3) is 28.2 Å². The fourth-order valence-electron chi connectivity index (χ4n) is 3.46. The van der Waals surface area contributed by atoms with Gasteiger partial charge in [0.1, 0.15) is 11.5 Å². The van der Waals surface area contributed by atoms with Crippen LogP contribution in [0.1, 0.15) is 15.9 Å². The zero-order valence-electron chi connectivity index (χ0n) is 14.6. The summed E-state index contributed by atoms with van der Waals surface area (Å²) in [7, 11) is 0. The highest BCUT2D eigenvalue weighted by Crippen LogP contribution is 2.37. The summed E-state index contributed by atoms with van der Waals surface area (Å²) < 4.78 is 5.75. The molecule has 1 aliphatic heterocycles. The molecule has 4 nitrogen and oxygen atoms in total. The van der Waals surface area contributed by atoms with Crippen LogP contribution in [0.3, 0.4) is 0 Å². The molecular weight excluding hydrogens is 374 g/mol. The Labute approximate surface area is 165 Å². The lowest BCUT2D eigenvalue weighted by Crippen LogP contribution is -1.98. The summed E-state index contributed by atoms with van der Waals surface area (Å²) in [4.78, 5) is 16.2. The maximum atomic E-state index is 12.8. The molecule has 0 radical (unpaired) electrons.